The molecule has 5 heteroatoms. The van der Waals surface area contributed by atoms with Gasteiger partial charge in [-0.2, -0.15) is 5.10 Å². The molecule has 3 rings (SSSR count). The average Bonchev–Trinajstić information content (AvgIpc) is 3.02. The summed E-state index contributed by atoms with van der Waals surface area (Å²) in [5.41, 5.74) is 13.5. The van der Waals surface area contributed by atoms with E-state index in [0.717, 1.165) is 26.9 Å². The highest BCUT2D eigenvalue weighted by molar-refractivity contribution is 7.17. The molecular weight excluding hydrogens is 328 g/mol. The van der Waals surface area contributed by atoms with Crippen molar-refractivity contribution in [3.8, 4) is 21.7 Å². The van der Waals surface area contributed by atoms with Gasteiger partial charge >= 0.3 is 0 Å². The molecule has 4 nitrogen and oxygen atoms in total. The summed E-state index contributed by atoms with van der Waals surface area (Å²) < 4.78 is 0. The topological polar surface area (TPSA) is 63.3 Å². The lowest BCUT2D eigenvalue weighted by molar-refractivity contribution is 0.875. The van der Waals surface area contributed by atoms with Crippen LogP contribution in [-0.4, -0.2) is 10.7 Å². The molecule has 126 valence electrons. The highest BCUT2D eigenvalue weighted by atomic mass is 32.1. The standard InChI is InChI=1S/C20H20N4S/c1-13-19(14(2)23-24-15(3)21)25-20(22-13)18-11-9-17(10-12-18)16-7-5-4-6-8-16/h4-12,24H,3,21H2,1-2H3/b23-14+. The summed E-state index contributed by atoms with van der Waals surface area (Å²) in [6.45, 7) is 7.50. The maximum Gasteiger partial charge on any atom is 0.124 e. The molecule has 0 aliphatic rings. The molecular formula is C20H20N4S. The summed E-state index contributed by atoms with van der Waals surface area (Å²) in [7, 11) is 0. The van der Waals surface area contributed by atoms with Crippen LogP contribution in [0.4, 0.5) is 0 Å². The summed E-state index contributed by atoms with van der Waals surface area (Å²) in [5.74, 6) is 0.318. The largest absolute Gasteiger partial charge is 0.385 e. The number of aryl methyl sites for hydroxylation is 1. The van der Waals surface area contributed by atoms with Crippen LogP contribution in [0.5, 0.6) is 0 Å². The molecule has 25 heavy (non-hydrogen) atoms. The summed E-state index contributed by atoms with van der Waals surface area (Å²) in [4.78, 5) is 5.73. The molecule has 0 unspecified atom stereocenters. The van der Waals surface area contributed by atoms with E-state index in [-0.39, 0.29) is 0 Å². The molecule has 0 saturated carbocycles. The Hall–Kier alpha value is -2.92. The molecule has 1 aromatic heterocycles. The second-order valence-corrected chi connectivity index (χ2v) is 6.71. The van der Waals surface area contributed by atoms with E-state index < -0.39 is 0 Å². The fourth-order valence-electron chi connectivity index (χ4n) is 2.50. The molecule has 0 aliphatic carbocycles. The Bertz CT molecular complexity index is 909. The third kappa shape index (κ3) is 3.95. The SMILES string of the molecule is C=C(N)N/N=C(\C)c1sc(-c2ccc(-c3ccccc3)cc2)nc1C. The molecule has 0 spiro atoms. The van der Waals surface area contributed by atoms with Gasteiger partial charge in [-0.3, -0.25) is 5.43 Å². The fourth-order valence-corrected chi connectivity index (χ4v) is 3.51. The fraction of sp³-hybridized carbons (Fsp3) is 0.100. The van der Waals surface area contributed by atoms with Gasteiger partial charge in [0, 0.05) is 5.56 Å². The van der Waals surface area contributed by atoms with E-state index in [9.17, 15) is 0 Å². The smallest absolute Gasteiger partial charge is 0.124 e. The Morgan fingerprint density at radius 3 is 2.28 bits per heavy atom. The van der Waals surface area contributed by atoms with Crippen molar-refractivity contribution in [1.82, 2.24) is 10.4 Å². The third-order valence-electron chi connectivity index (χ3n) is 3.73. The second kappa shape index (κ2) is 7.32. The van der Waals surface area contributed by atoms with Crippen LogP contribution in [0.15, 0.2) is 72.1 Å². The number of benzene rings is 2. The molecule has 0 amide bonds. The first kappa shape index (κ1) is 16.9. The van der Waals surface area contributed by atoms with Gasteiger partial charge in [0.15, 0.2) is 0 Å². The van der Waals surface area contributed by atoms with Crippen LogP contribution in [0.2, 0.25) is 0 Å². The Balaban J connectivity index is 1.87. The first-order chi connectivity index (χ1) is 12.0. The first-order valence-electron chi connectivity index (χ1n) is 7.93. The number of nitrogens with two attached hydrogens (primary N) is 1. The molecule has 3 aromatic rings. The normalized spacial score (nSPS) is 11.4. The van der Waals surface area contributed by atoms with Gasteiger partial charge in [0.05, 0.1) is 16.3 Å². The van der Waals surface area contributed by atoms with Gasteiger partial charge in [-0.25, -0.2) is 4.98 Å². The van der Waals surface area contributed by atoms with Crippen molar-refractivity contribution in [2.75, 3.05) is 0 Å². The molecule has 1 heterocycles. The van der Waals surface area contributed by atoms with Crippen molar-refractivity contribution in [1.29, 1.82) is 0 Å². The second-order valence-electron chi connectivity index (χ2n) is 5.71. The number of hydrogen-bond donors (Lipinski definition) is 2. The van der Waals surface area contributed by atoms with Crippen molar-refractivity contribution in [2.45, 2.75) is 13.8 Å². The van der Waals surface area contributed by atoms with Gasteiger partial charge in [0.1, 0.15) is 10.8 Å². The Kier molecular flexibility index (Phi) is 4.95. The van der Waals surface area contributed by atoms with E-state index in [1.54, 1.807) is 11.3 Å². The van der Waals surface area contributed by atoms with Crippen molar-refractivity contribution in [3.05, 3.63) is 77.6 Å². The van der Waals surface area contributed by atoms with E-state index in [1.165, 1.54) is 11.1 Å². The summed E-state index contributed by atoms with van der Waals surface area (Å²) in [6, 6.07) is 18.8. The molecule has 0 atom stereocenters. The number of rotatable bonds is 5. The Labute approximate surface area is 151 Å². The van der Waals surface area contributed by atoms with Gasteiger partial charge in [0.2, 0.25) is 0 Å². The van der Waals surface area contributed by atoms with Gasteiger partial charge in [0.25, 0.3) is 0 Å². The zero-order valence-corrected chi connectivity index (χ0v) is 15.1. The highest BCUT2D eigenvalue weighted by Gasteiger charge is 2.12. The van der Waals surface area contributed by atoms with Crippen LogP contribution < -0.4 is 11.2 Å². The van der Waals surface area contributed by atoms with E-state index in [4.69, 9.17) is 5.73 Å². The highest BCUT2D eigenvalue weighted by Crippen LogP contribution is 2.30. The predicted molar refractivity (Wildman–Crippen MR) is 106 cm³/mol. The number of hydrogen-bond acceptors (Lipinski definition) is 5. The molecule has 0 radical (unpaired) electrons. The van der Waals surface area contributed by atoms with E-state index >= 15 is 0 Å². The minimum Gasteiger partial charge on any atom is -0.385 e. The summed E-state index contributed by atoms with van der Waals surface area (Å²) in [6.07, 6.45) is 0. The number of nitrogens with zero attached hydrogens (tertiary/aromatic N) is 2. The van der Waals surface area contributed by atoms with Crippen LogP contribution >= 0.6 is 11.3 Å². The van der Waals surface area contributed by atoms with Gasteiger partial charge in [-0.1, -0.05) is 61.2 Å². The number of aromatic nitrogens is 1. The molecule has 2 aromatic carbocycles. The van der Waals surface area contributed by atoms with Crippen LogP contribution in [0.1, 0.15) is 17.5 Å². The minimum absolute atomic E-state index is 0.318. The maximum absolute atomic E-state index is 5.49. The van der Waals surface area contributed by atoms with Crippen molar-refractivity contribution < 1.29 is 0 Å². The quantitative estimate of drug-likeness (QED) is 0.526. The zero-order valence-electron chi connectivity index (χ0n) is 14.3. The van der Waals surface area contributed by atoms with Crippen LogP contribution in [0, 0.1) is 6.92 Å². The lowest BCUT2D eigenvalue weighted by Gasteiger charge is -2.02. The van der Waals surface area contributed by atoms with E-state index in [0.29, 0.717) is 5.82 Å². The lowest BCUT2D eigenvalue weighted by atomic mass is 10.0. The molecule has 0 fully saturated rings. The van der Waals surface area contributed by atoms with Crippen LogP contribution in [0.25, 0.3) is 21.7 Å². The molecule has 3 N–H and O–H groups in total. The summed E-state index contributed by atoms with van der Waals surface area (Å²) in [5, 5.41) is 5.21. The zero-order chi connectivity index (χ0) is 17.8. The maximum atomic E-state index is 5.49. The van der Waals surface area contributed by atoms with Crippen molar-refractivity contribution in [2.24, 2.45) is 10.8 Å². The van der Waals surface area contributed by atoms with Crippen LogP contribution in [0.3, 0.4) is 0 Å². The summed E-state index contributed by atoms with van der Waals surface area (Å²) >= 11 is 1.62. The van der Waals surface area contributed by atoms with Gasteiger partial charge in [-0.15, -0.1) is 11.3 Å². The molecule has 0 bridgehead atoms. The average molecular weight is 348 g/mol. The minimum atomic E-state index is 0.318. The molecule has 0 saturated heterocycles. The van der Waals surface area contributed by atoms with E-state index in [1.807, 2.05) is 32.0 Å². The lowest BCUT2D eigenvalue weighted by Crippen LogP contribution is -2.14. The monoisotopic (exact) mass is 348 g/mol. The number of nitrogens with one attached hydrogen (secondary N) is 1. The van der Waals surface area contributed by atoms with Gasteiger partial charge < -0.3 is 5.73 Å². The number of hydrazone groups is 1. The first-order valence-corrected chi connectivity index (χ1v) is 8.74. The Morgan fingerprint density at radius 1 is 1.04 bits per heavy atom. The molecule has 0 aliphatic heterocycles. The third-order valence-corrected chi connectivity index (χ3v) is 5.05. The predicted octanol–water partition coefficient (Wildman–Crippen LogP) is 4.53. The van der Waals surface area contributed by atoms with E-state index in [2.05, 4.69) is 58.5 Å². The number of thiazole rings is 1. The van der Waals surface area contributed by atoms with Crippen molar-refractivity contribution in [3.63, 3.8) is 0 Å². The van der Waals surface area contributed by atoms with Crippen LogP contribution in [-0.2, 0) is 0 Å². The Morgan fingerprint density at radius 2 is 1.64 bits per heavy atom. The van der Waals surface area contributed by atoms with Crippen molar-refractivity contribution >= 4 is 17.0 Å². The van der Waals surface area contributed by atoms with Gasteiger partial charge in [-0.05, 0) is 25.0 Å².